The van der Waals surface area contributed by atoms with Crippen molar-refractivity contribution >= 4 is 17.3 Å². The van der Waals surface area contributed by atoms with E-state index >= 15 is 0 Å². The summed E-state index contributed by atoms with van der Waals surface area (Å²) in [6, 6.07) is 0. The molecule has 70 valence electrons. The molecule has 0 aromatic carbocycles. The Morgan fingerprint density at radius 1 is 1.38 bits per heavy atom. The van der Waals surface area contributed by atoms with Crippen molar-refractivity contribution in [2.75, 3.05) is 12.4 Å². The van der Waals surface area contributed by atoms with Gasteiger partial charge in [-0.3, -0.25) is 0 Å². The number of rotatable bonds is 3. The minimum absolute atomic E-state index is 0.227. The van der Waals surface area contributed by atoms with E-state index in [1.165, 1.54) is 7.05 Å². The van der Waals surface area contributed by atoms with Crippen molar-refractivity contribution in [2.24, 2.45) is 0 Å². The van der Waals surface area contributed by atoms with Crippen LogP contribution < -0.4 is 5.32 Å². The van der Waals surface area contributed by atoms with E-state index in [9.17, 15) is 20.2 Å². The normalized spacial score (nSPS) is 9.62. The predicted molar refractivity (Wildman–Crippen MR) is 41.4 cm³/mol. The predicted octanol–water partition coefficient (Wildman–Crippen LogP) is 0.268. The molecule has 0 saturated heterocycles. The van der Waals surface area contributed by atoms with Crippen LogP contribution in [-0.2, 0) is 0 Å². The highest BCUT2D eigenvalue weighted by molar-refractivity contribution is 5.67. The van der Waals surface area contributed by atoms with Gasteiger partial charge in [0.15, 0.2) is 0 Å². The number of nitrogens with zero attached hydrogens (tertiary/aromatic N) is 3. The molecular formula is C4H5N5O4. The molecule has 0 radical (unpaired) electrons. The van der Waals surface area contributed by atoms with E-state index in [4.69, 9.17) is 0 Å². The van der Waals surface area contributed by atoms with E-state index in [-0.39, 0.29) is 5.69 Å². The number of H-pyrrole nitrogens is 1. The molecule has 0 amide bonds. The summed E-state index contributed by atoms with van der Waals surface area (Å²) in [5.74, 6) is -1.11. The van der Waals surface area contributed by atoms with Crippen LogP contribution in [0.25, 0.3) is 0 Å². The monoisotopic (exact) mass is 187 g/mol. The summed E-state index contributed by atoms with van der Waals surface area (Å²) in [5.41, 5.74) is -0.227. The van der Waals surface area contributed by atoms with Gasteiger partial charge in [-0.05, 0) is 14.9 Å². The van der Waals surface area contributed by atoms with Crippen molar-refractivity contribution in [2.45, 2.75) is 0 Å². The second kappa shape index (κ2) is 3.05. The summed E-state index contributed by atoms with van der Waals surface area (Å²) in [5, 5.41) is 28.0. The smallest absolute Gasteiger partial charge is 0.374 e. The summed E-state index contributed by atoms with van der Waals surface area (Å²) in [4.78, 5) is 19.0. The fourth-order valence-corrected chi connectivity index (χ4v) is 0.818. The maximum absolute atomic E-state index is 10.3. The van der Waals surface area contributed by atoms with Crippen molar-refractivity contribution in [3.63, 3.8) is 0 Å². The lowest BCUT2D eigenvalue weighted by atomic mass is 10.5. The summed E-state index contributed by atoms with van der Waals surface area (Å²) < 4.78 is 0. The van der Waals surface area contributed by atoms with Gasteiger partial charge >= 0.3 is 11.6 Å². The molecule has 0 atom stereocenters. The second-order valence-electron chi connectivity index (χ2n) is 2.04. The zero-order valence-electron chi connectivity index (χ0n) is 6.47. The number of nitrogens with one attached hydrogen (secondary N) is 2. The molecule has 1 rings (SSSR count). The van der Waals surface area contributed by atoms with Gasteiger partial charge in [-0.1, -0.05) is 0 Å². The molecule has 0 unspecified atom stereocenters. The van der Waals surface area contributed by atoms with Crippen molar-refractivity contribution in [1.82, 2.24) is 10.2 Å². The van der Waals surface area contributed by atoms with Crippen LogP contribution in [0.15, 0.2) is 0 Å². The van der Waals surface area contributed by atoms with Crippen molar-refractivity contribution < 1.29 is 9.85 Å². The minimum Gasteiger partial charge on any atom is -0.374 e. The van der Waals surface area contributed by atoms with Crippen LogP contribution in [0.3, 0.4) is 0 Å². The third-order valence-corrected chi connectivity index (χ3v) is 1.33. The van der Waals surface area contributed by atoms with E-state index in [0.29, 0.717) is 0 Å². The van der Waals surface area contributed by atoms with Gasteiger partial charge in [-0.25, -0.2) is 0 Å². The standard InChI is InChI=1S/C4H5N5O4/c1-5-2-3(8(10)11)6-7-4(2)9(12)13/h5H,1H3,(H,6,7). The van der Waals surface area contributed by atoms with Crippen LogP contribution in [0.4, 0.5) is 17.3 Å². The molecule has 13 heavy (non-hydrogen) atoms. The number of hydrogen-bond donors (Lipinski definition) is 2. The fourth-order valence-electron chi connectivity index (χ4n) is 0.818. The number of hydrogen-bond acceptors (Lipinski definition) is 6. The fraction of sp³-hybridized carbons (Fsp3) is 0.250. The molecule has 1 aromatic rings. The lowest BCUT2D eigenvalue weighted by Gasteiger charge is -1.94. The van der Waals surface area contributed by atoms with E-state index in [1.54, 1.807) is 0 Å². The molecule has 2 N–H and O–H groups in total. The van der Waals surface area contributed by atoms with Crippen LogP contribution in [0.2, 0.25) is 0 Å². The first-order valence-corrected chi connectivity index (χ1v) is 3.12. The van der Waals surface area contributed by atoms with E-state index < -0.39 is 21.5 Å². The topological polar surface area (TPSA) is 127 Å². The van der Waals surface area contributed by atoms with E-state index in [1.807, 2.05) is 5.10 Å². The highest BCUT2D eigenvalue weighted by Crippen LogP contribution is 2.29. The van der Waals surface area contributed by atoms with E-state index in [2.05, 4.69) is 10.4 Å². The average Bonchev–Trinajstić information content (AvgIpc) is 2.46. The number of nitro groups is 2. The quantitative estimate of drug-likeness (QED) is 0.516. The molecule has 0 fully saturated rings. The van der Waals surface area contributed by atoms with Crippen LogP contribution in [-0.4, -0.2) is 27.1 Å². The molecule has 0 saturated carbocycles. The lowest BCUT2D eigenvalue weighted by Crippen LogP contribution is -1.97. The van der Waals surface area contributed by atoms with Gasteiger partial charge in [0.2, 0.25) is 5.69 Å². The van der Waals surface area contributed by atoms with Gasteiger partial charge in [0.1, 0.15) is 5.10 Å². The molecule has 9 nitrogen and oxygen atoms in total. The zero-order chi connectivity index (χ0) is 10.0. The summed E-state index contributed by atoms with van der Waals surface area (Å²) in [6.07, 6.45) is 0. The minimum atomic E-state index is -0.810. The maximum Gasteiger partial charge on any atom is 0.443 e. The van der Waals surface area contributed by atoms with Gasteiger partial charge in [-0.2, -0.15) is 0 Å². The van der Waals surface area contributed by atoms with E-state index in [0.717, 1.165) is 0 Å². The Kier molecular flexibility index (Phi) is 2.09. The molecule has 0 bridgehead atoms. The highest BCUT2D eigenvalue weighted by Gasteiger charge is 2.30. The maximum atomic E-state index is 10.3. The molecule has 0 aliphatic rings. The Labute approximate surface area is 71.0 Å². The molecule has 1 aromatic heterocycles. The Bertz CT molecular complexity index is 326. The van der Waals surface area contributed by atoms with Crippen LogP contribution in [0, 0.1) is 20.2 Å². The molecule has 0 aliphatic heterocycles. The van der Waals surface area contributed by atoms with Crippen molar-refractivity contribution in [3.8, 4) is 0 Å². The molecule has 9 heteroatoms. The lowest BCUT2D eigenvalue weighted by molar-refractivity contribution is -0.392. The van der Waals surface area contributed by atoms with Crippen molar-refractivity contribution in [1.29, 1.82) is 0 Å². The third kappa shape index (κ3) is 1.38. The Morgan fingerprint density at radius 2 is 2.00 bits per heavy atom. The van der Waals surface area contributed by atoms with Crippen LogP contribution in [0.5, 0.6) is 0 Å². The second-order valence-corrected chi connectivity index (χ2v) is 2.04. The zero-order valence-corrected chi connectivity index (χ0v) is 6.47. The Morgan fingerprint density at radius 3 is 2.38 bits per heavy atom. The van der Waals surface area contributed by atoms with Gasteiger partial charge < -0.3 is 25.5 Å². The summed E-state index contributed by atoms with van der Waals surface area (Å²) in [7, 11) is 1.34. The summed E-state index contributed by atoms with van der Waals surface area (Å²) in [6.45, 7) is 0. The van der Waals surface area contributed by atoms with Gasteiger partial charge in [-0.15, -0.1) is 0 Å². The number of aromatic nitrogens is 2. The molecular weight excluding hydrogens is 182 g/mol. The van der Waals surface area contributed by atoms with Gasteiger partial charge in [0.05, 0.1) is 0 Å². The number of anilines is 1. The Hall–Kier alpha value is -2.19. The average molecular weight is 187 g/mol. The van der Waals surface area contributed by atoms with Crippen LogP contribution >= 0.6 is 0 Å². The largest absolute Gasteiger partial charge is 0.443 e. The van der Waals surface area contributed by atoms with Crippen LogP contribution in [0.1, 0.15) is 0 Å². The highest BCUT2D eigenvalue weighted by atomic mass is 16.6. The number of aromatic amines is 1. The first-order chi connectivity index (χ1) is 6.07. The molecule has 0 spiro atoms. The third-order valence-electron chi connectivity index (χ3n) is 1.33. The first kappa shape index (κ1) is 8.90. The first-order valence-electron chi connectivity index (χ1n) is 3.12. The summed E-state index contributed by atoms with van der Waals surface area (Å²) >= 11 is 0. The van der Waals surface area contributed by atoms with Gasteiger partial charge in [0, 0.05) is 7.05 Å². The molecule has 0 aliphatic carbocycles. The Balaban J connectivity index is 3.26. The van der Waals surface area contributed by atoms with Crippen molar-refractivity contribution in [3.05, 3.63) is 20.2 Å². The SMILES string of the molecule is CNc1c([N+](=O)[O-])n[nH]c1[N+](=O)[O-]. The van der Waals surface area contributed by atoms with Gasteiger partial charge in [0.25, 0.3) is 0 Å². The molecule has 1 heterocycles.